The van der Waals surface area contributed by atoms with Crippen LogP contribution in [0.1, 0.15) is 53.9 Å². The Bertz CT molecular complexity index is 313. The van der Waals surface area contributed by atoms with Crippen molar-refractivity contribution in [1.82, 2.24) is 5.32 Å². The maximum Gasteiger partial charge on any atom is 0.218 e. The molecule has 4 N–H and O–H groups in total. The van der Waals surface area contributed by atoms with E-state index < -0.39 is 6.23 Å². The Kier molecular flexibility index (Phi) is 10.6. The minimum absolute atomic E-state index is 0.0231. The third-order valence-electron chi connectivity index (χ3n) is 5.00. The number of hydrogen-bond donors (Lipinski definition) is 4. The van der Waals surface area contributed by atoms with Crippen LogP contribution in [0.25, 0.3) is 0 Å². The van der Waals surface area contributed by atoms with E-state index in [1.165, 1.54) is 13.3 Å². The number of aliphatic hydroxyl groups is 1. The lowest BCUT2D eigenvalue weighted by molar-refractivity contribution is -0.176. The lowest BCUT2D eigenvalue weighted by Gasteiger charge is -2.35. The van der Waals surface area contributed by atoms with Crippen LogP contribution in [0.5, 0.6) is 0 Å². The average molecular weight is 319 g/mol. The van der Waals surface area contributed by atoms with Gasteiger partial charge in [0.15, 0.2) is 0 Å². The maximum absolute atomic E-state index is 11.1. The van der Waals surface area contributed by atoms with Crippen LogP contribution < -0.4 is 5.32 Å². The molecular formula is C16H33NO5. The summed E-state index contributed by atoms with van der Waals surface area (Å²) in [4.78, 5) is 11.1. The van der Waals surface area contributed by atoms with E-state index in [1.54, 1.807) is 0 Å². The molecule has 0 radical (unpaired) electrons. The number of rotatable bonds is 5. The second-order valence-electron chi connectivity index (χ2n) is 6.42. The Morgan fingerprint density at radius 1 is 1.32 bits per heavy atom. The Morgan fingerprint density at radius 2 is 1.91 bits per heavy atom. The van der Waals surface area contributed by atoms with Crippen LogP contribution in [0.3, 0.4) is 0 Å². The molecule has 0 aliphatic carbocycles. The van der Waals surface area contributed by atoms with Crippen LogP contribution in [-0.2, 0) is 9.53 Å². The highest BCUT2D eigenvalue weighted by molar-refractivity contribution is 5.72. The van der Waals surface area contributed by atoms with E-state index in [9.17, 15) is 9.90 Å². The van der Waals surface area contributed by atoms with Gasteiger partial charge in [-0.2, -0.15) is 0 Å². The van der Waals surface area contributed by atoms with Crippen molar-refractivity contribution in [2.45, 2.75) is 66.2 Å². The van der Waals surface area contributed by atoms with Crippen molar-refractivity contribution in [3.05, 3.63) is 0 Å². The quantitative estimate of drug-likeness (QED) is 0.355. The topological polar surface area (TPSA) is 99.0 Å². The van der Waals surface area contributed by atoms with Gasteiger partial charge in [0, 0.05) is 12.8 Å². The lowest BCUT2D eigenvalue weighted by atomic mass is 9.74. The summed E-state index contributed by atoms with van der Waals surface area (Å²) in [7, 11) is 0. The zero-order chi connectivity index (χ0) is 17.3. The molecule has 0 saturated carbocycles. The van der Waals surface area contributed by atoms with Crippen molar-refractivity contribution in [2.75, 3.05) is 6.61 Å². The molecule has 22 heavy (non-hydrogen) atoms. The average Bonchev–Trinajstić information content (AvgIpc) is 2.68. The number of hydrogen-bond acceptors (Lipinski definition) is 5. The first-order chi connectivity index (χ1) is 10.4. The molecule has 3 unspecified atom stereocenters. The number of ether oxygens (including phenoxy) is 1. The summed E-state index contributed by atoms with van der Waals surface area (Å²) in [5.74, 6) is 1.24. The summed E-state index contributed by atoms with van der Waals surface area (Å²) in [6, 6.07) is 0. The number of carbonyl (C=O) groups excluding carboxylic acids is 1. The molecule has 1 aliphatic heterocycles. The van der Waals surface area contributed by atoms with E-state index in [2.05, 4.69) is 26.1 Å². The van der Waals surface area contributed by atoms with Crippen LogP contribution in [0, 0.1) is 23.7 Å². The van der Waals surface area contributed by atoms with Crippen LogP contribution >= 0.6 is 0 Å². The molecule has 0 aromatic carbocycles. The summed E-state index contributed by atoms with van der Waals surface area (Å²) in [6.07, 6.45) is 3.01. The fourth-order valence-corrected chi connectivity index (χ4v) is 3.26. The van der Waals surface area contributed by atoms with E-state index >= 15 is 0 Å². The number of aliphatic hydroxyl groups excluding tert-OH is 1. The zero-order valence-electron chi connectivity index (χ0n) is 14.5. The molecule has 1 rings (SSSR count). The van der Waals surface area contributed by atoms with Gasteiger partial charge in [0.25, 0.3) is 0 Å². The predicted octanol–water partition coefficient (Wildman–Crippen LogP) is 2.57. The standard InChI is InChI=1S/C16H31NO3.H2O2/c1-6-14-8-7-10(2)20-9-15(14)11(3)12(4)16(19)17-13(5)18;1-2/h10-12,14-16,19H,6-9H2,1-5H3,(H,17,18);1-2H/t10-,11?,12+,14?,15?,16-;/m0./s1. The molecule has 1 fully saturated rings. The first-order valence-electron chi connectivity index (χ1n) is 8.13. The summed E-state index contributed by atoms with van der Waals surface area (Å²) in [5.41, 5.74) is 0. The fourth-order valence-electron chi connectivity index (χ4n) is 3.26. The first-order valence-corrected chi connectivity index (χ1v) is 8.13. The van der Waals surface area contributed by atoms with E-state index in [0.29, 0.717) is 23.9 Å². The zero-order valence-corrected chi connectivity index (χ0v) is 14.5. The number of nitrogens with one attached hydrogen (secondary N) is 1. The third kappa shape index (κ3) is 6.60. The van der Waals surface area contributed by atoms with Gasteiger partial charge in [-0.1, -0.05) is 27.2 Å². The molecule has 1 aliphatic rings. The Balaban J connectivity index is 0.00000211. The van der Waals surface area contributed by atoms with E-state index in [1.807, 2.05) is 6.92 Å². The minimum Gasteiger partial charge on any atom is -0.378 e. The largest absolute Gasteiger partial charge is 0.378 e. The van der Waals surface area contributed by atoms with Crippen molar-refractivity contribution < 1.29 is 25.2 Å². The van der Waals surface area contributed by atoms with Gasteiger partial charge in [-0.25, -0.2) is 0 Å². The molecule has 0 aromatic rings. The second-order valence-corrected chi connectivity index (χ2v) is 6.42. The van der Waals surface area contributed by atoms with Crippen molar-refractivity contribution >= 4 is 5.91 Å². The second kappa shape index (κ2) is 10.9. The van der Waals surface area contributed by atoms with Crippen LogP contribution in [0.15, 0.2) is 0 Å². The molecule has 6 heteroatoms. The van der Waals surface area contributed by atoms with Crippen molar-refractivity contribution in [3.8, 4) is 0 Å². The Labute approximate surface area is 133 Å². The summed E-state index contributed by atoms with van der Waals surface area (Å²) in [5, 5.41) is 24.7. The summed E-state index contributed by atoms with van der Waals surface area (Å²) >= 11 is 0. The van der Waals surface area contributed by atoms with Crippen LogP contribution in [0.4, 0.5) is 0 Å². The molecule has 0 aromatic heterocycles. The van der Waals surface area contributed by atoms with E-state index in [4.69, 9.17) is 15.3 Å². The van der Waals surface area contributed by atoms with E-state index in [-0.39, 0.29) is 11.8 Å². The van der Waals surface area contributed by atoms with Gasteiger partial charge in [0.2, 0.25) is 5.91 Å². The first kappa shape index (κ1) is 21.3. The van der Waals surface area contributed by atoms with Gasteiger partial charge in [-0.3, -0.25) is 15.3 Å². The highest BCUT2D eigenvalue weighted by Gasteiger charge is 2.34. The predicted molar refractivity (Wildman–Crippen MR) is 85.3 cm³/mol. The SMILES string of the molecule is CCC1CC[C@H](C)OCC1C(C)[C@@H](C)[C@H](O)NC(C)=O.OO. The lowest BCUT2D eigenvalue weighted by Crippen LogP contribution is -2.43. The van der Waals surface area contributed by atoms with Gasteiger partial charge in [0.05, 0.1) is 12.7 Å². The molecular weight excluding hydrogens is 286 g/mol. The number of amides is 1. The summed E-state index contributed by atoms with van der Waals surface area (Å²) < 4.78 is 5.91. The van der Waals surface area contributed by atoms with Crippen molar-refractivity contribution in [3.63, 3.8) is 0 Å². The molecule has 1 amide bonds. The van der Waals surface area contributed by atoms with Gasteiger partial charge in [0.1, 0.15) is 6.23 Å². The minimum atomic E-state index is -0.777. The van der Waals surface area contributed by atoms with Gasteiger partial charge in [-0.15, -0.1) is 0 Å². The molecule has 132 valence electrons. The van der Waals surface area contributed by atoms with Crippen molar-refractivity contribution in [1.29, 1.82) is 0 Å². The highest BCUT2D eigenvalue weighted by Crippen LogP contribution is 2.36. The molecule has 0 spiro atoms. The summed E-state index contributed by atoms with van der Waals surface area (Å²) in [6.45, 7) is 10.7. The molecule has 1 heterocycles. The monoisotopic (exact) mass is 319 g/mol. The maximum atomic E-state index is 11.1. The van der Waals surface area contributed by atoms with Gasteiger partial charge in [-0.05, 0) is 37.5 Å². The van der Waals surface area contributed by atoms with Crippen molar-refractivity contribution in [2.24, 2.45) is 23.7 Å². The third-order valence-corrected chi connectivity index (χ3v) is 5.00. The van der Waals surface area contributed by atoms with Gasteiger partial charge < -0.3 is 15.2 Å². The van der Waals surface area contributed by atoms with Gasteiger partial charge >= 0.3 is 0 Å². The van der Waals surface area contributed by atoms with Crippen LogP contribution in [-0.4, -0.2) is 40.5 Å². The number of carbonyl (C=O) groups is 1. The molecule has 6 nitrogen and oxygen atoms in total. The Morgan fingerprint density at radius 3 is 2.41 bits per heavy atom. The molecule has 1 saturated heterocycles. The molecule has 0 bridgehead atoms. The highest BCUT2D eigenvalue weighted by atomic mass is 17.0. The van der Waals surface area contributed by atoms with E-state index in [0.717, 1.165) is 19.4 Å². The molecule has 6 atom stereocenters. The smallest absolute Gasteiger partial charge is 0.218 e. The fraction of sp³-hybridized carbons (Fsp3) is 0.938. The Hall–Kier alpha value is -0.690. The van der Waals surface area contributed by atoms with Crippen LogP contribution in [0.2, 0.25) is 0 Å². The normalized spacial score (nSPS) is 29.4.